The zero-order valence-corrected chi connectivity index (χ0v) is 10.8. The number of benzene rings is 1. The molecule has 0 fully saturated rings. The molecule has 0 aliphatic rings. The van der Waals surface area contributed by atoms with E-state index in [0.717, 1.165) is 6.42 Å². The van der Waals surface area contributed by atoms with Gasteiger partial charge >= 0.3 is 6.03 Å². The van der Waals surface area contributed by atoms with Crippen molar-refractivity contribution < 1.29 is 4.79 Å². The number of hydrogen-bond donors (Lipinski definition) is 2. The van der Waals surface area contributed by atoms with E-state index in [-0.39, 0.29) is 6.03 Å². The van der Waals surface area contributed by atoms with Gasteiger partial charge in [0.25, 0.3) is 0 Å². The van der Waals surface area contributed by atoms with Crippen molar-refractivity contribution in [3.8, 4) is 0 Å². The number of anilines is 1. The molecule has 0 heterocycles. The Kier molecular flexibility index (Phi) is 5.33. The highest BCUT2D eigenvalue weighted by Crippen LogP contribution is 2.12. The Morgan fingerprint density at radius 2 is 1.82 bits per heavy atom. The van der Waals surface area contributed by atoms with Gasteiger partial charge in [0.05, 0.1) is 0 Å². The molecule has 0 saturated heterocycles. The van der Waals surface area contributed by atoms with Gasteiger partial charge in [0.15, 0.2) is 0 Å². The maximum absolute atomic E-state index is 11.1. The molecule has 0 spiro atoms. The molecular formula is C13H21N3O. The standard InChI is InChI=1S/C13H21N3O/c1-4-14-13(17)15-10-9-11-5-7-12(8-6-11)16(2)3/h5-8H,4,9-10H2,1-3H3,(H2,14,15,17). The van der Waals surface area contributed by atoms with Gasteiger partial charge in [0, 0.05) is 32.9 Å². The van der Waals surface area contributed by atoms with Gasteiger partial charge in [0.1, 0.15) is 0 Å². The maximum atomic E-state index is 11.1. The first-order valence-corrected chi connectivity index (χ1v) is 5.91. The number of hydrogen-bond acceptors (Lipinski definition) is 2. The van der Waals surface area contributed by atoms with E-state index in [1.807, 2.05) is 21.0 Å². The number of urea groups is 1. The van der Waals surface area contributed by atoms with E-state index >= 15 is 0 Å². The lowest BCUT2D eigenvalue weighted by molar-refractivity contribution is 0.241. The van der Waals surface area contributed by atoms with Crippen molar-refractivity contribution in [2.75, 3.05) is 32.1 Å². The molecule has 0 saturated carbocycles. The van der Waals surface area contributed by atoms with Crippen LogP contribution >= 0.6 is 0 Å². The Morgan fingerprint density at radius 1 is 1.18 bits per heavy atom. The monoisotopic (exact) mass is 235 g/mol. The number of nitrogens with zero attached hydrogens (tertiary/aromatic N) is 1. The third-order valence-corrected chi connectivity index (χ3v) is 2.49. The fourth-order valence-corrected chi connectivity index (χ4v) is 1.50. The van der Waals surface area contributed by atoms with Crippen LogP contribution in [0, 0.1) is 0 Å². The summed E-state index contributed by atoms with van der Waals surface area (Å²) >= 11 is 0. The number of rotatable bonds is 5. The van der Waals surface area contributed by atoms with Gasteiger partial charge in [-0.2, -0.15) is 0 Å². The predicted octanol–water partition coefficient (Wildman–Crippen LogP) is 1.61. The van der Waals surface area contributed by atoms with Crippen LogP contribution in [0.25, 0.3) is 0 Å². The van der Waals surface area contributed by atoms with Crippen LogP contribution in [-0.4, -0.2) is 33.2 Å². The van der Waals surface area contributed by atoms with E-state index in [4.69, 9.17) is 0 Å². The van der Waals surface area contributed by atoms with Crippen LogP contribution in [0.3, 0.4) is 0 Å². The second-order valence-corrected chi connectivity index (χ2v) is 4.10. The molecule has 94 valence electrons. The van der Waals surface area contributed by atoms with Crippen LogP contribution in [0.4, 0.5) is 10.5 Å². The molecular weight excluding hydrogens is 214 g/mol. The van der Waals surface area contributed by atoms with Gasteiger partial charge in [-0.25, -0.2) is 4.79 Å². The molecule has 0 radical (unpaired) electrons. The Morgan fingerprint density at radius 3 is 2.35 bits per heavy atom. The molecule has 1 rings (SSSR count). The highest BCUT2D eigenvalue weighted by molar-refractivity contribution is 5.73. The van der Waals surface area contributed by atoms with Crippen molar-refractivity contribution in [1.29, 1.82) is 0 Å². The van der Waals surface area contributed by atoms with Crippen LogP contribution in [0.5, 0.6) is 0 Å². The first-order chi connectivity index (χ1) is 8.13. The molecule has 0 atom stereocenters. The minimum atomic E-state index is -0.0996. The van der Waals surface area contributed by atoms with Crippen molar-refractivity contribution in [1.82, 2.24) is 10.6 Å². The molecule has 0 unspecified atom stereocenters. The van der Waals surface area contributed by atoms with Crippen molar-refractivity contribution in [2.45, 2.75) is 13.3 Å². The topological polar surface area (TPSA) is 44.4 Å². The summed E-state index contributed by atoms with van der Waals surface area (Å²) in [5.74, 6) is 0. The molecule has 2 amide bonds. The van der Waals surface area contributed by atoms with Crippen LogP contribution in [0.1, 0.15) is 12.5 Å². The third kappa shape index (κ3) is 4.76. The molecule has 0 aliphatic heterocycles. The molecule has 2 N–H and O–H groups in total. The van der Waals surface area contributed by atoms with Gasteiger partial charge in [-0.05, 0) is 31.0 Å². The minimum Gasteiger partial charge on any atom is -0.378 e. The van der Waals surface area contributed by atoms with Crippen LogP contribution in [0.2, 0.25) is 0 Å². The molecule has 4 nitrogen and oxygen atoms in total. The average Bonchev–Trinajstić information content (AvgIpc) is 2.30. The van der Waals surface area contributed by atoms with Crippen molar-refractivity contribution in [2.24, 2.45) is 0 Å². The van der Waals surface area contributed by atoms with Crippen LogP contribution in [0.15, 0.2) is 24.3 Å². The number of nitrogens with one attached hydrogen (secondary N) is 2. The van der Waals surface area contributed by atoms with E-state index in [1.54, 1.807) is 0 Å². The minimum absolute atomic E-state index is 0.0996. The number of carbonyl (C=O) groups excluding carboxylic acids is 1. The van der Waals surface area contributed by atoms with Crippen LogP contribution in [-0.2, 0) is 6.42 Å². The second-order valence-electron chi connectivity index (χ2n) is 4.10. The van der Waals surface area contributed by atoms with E-state index in [2.05, 4.69) is 39.8 Å². The predicted molar refractivity (Wildman–Crippen MR) is 71.5 cm³/mol. The van der Waals surface area contributed by atoms with Crippen molar-refractivity contribution in [3.63, 3.8) is 0 Å². The van der Waals surface area contributed by atoms with E-state index in [9.17, 15) is 4.79 Å². The summed E-state index contributed by atoms with van der Waals surface area (Å²) in [6.07, 6.45) is 0.852. The van der Waals surface area contributed by atoms with Gasteiger partial charge in [-0.15, -0.1) is 0 Å². The van der Waals surface area contributed by atoms with Gasteiger partial charge < -0.3 is 15.5 Å². The summed E-state index contributed by atoms with van der Waals surface area (Å²) in [4.78, 5) is 13.2. The first-order valence-electron chi connectivity index (χ1n) is 5.91. The Balaban J connectivity index is 2.35. The fraction of sp³-hybridized carbons (Fsp3) is 0.462. The maximum Gasteiger partial charge on any atom is 0.314 e. The summed E-state index contributed by atoms with van der Waals surface area (Å²) in [6, 6.07) is 8.25. The quantitative estimate of drug-likeness (QED) is 0.814. The number of carbonyl (C=O) groups is 1. The molecule has 4 heteroatoms. The lowest BCUT2D eigenvalue weighted by Gasteiger charge is -2.12. The van der Waals surface area contributed by atoms with Crippen molar-refractivity contribution >= 4 is 11.7 Å². The van der Waals surface area contributed by atoms with E-state index in [0.29, 0.717) is 13.1 Å². The average molecular weight is 235 g/mol. The summed E-state index contributed by atoms with van der Waals surface area (Å²) in [6.45, 7) is 3.22. The lowest BCUT2D eigenvalue weighted by atomic mass is 10.1. The Bertz CT molecular complexity index is 346. The zero-order chi connectivity index (χ0) is 12.7. The molecule has 17 heavy (non-hydrogen) atoms. The van der Waals surface area contributed by atoms with Gasteiger partial charge in [-0.1, -0.05) is 12.1 Å². The third-order valence-electron chi connectivity index (χ3n) is 2.49. The first kappa shape index (κ1) is 13.4. The highest BCUT2D eigenvalue weighted by Gasteiger charge is 1.99. The molecule has 1 aromatic carbocycles. The molecule has 0 aromatic heterocycles. The largest absolute Gasteiger partial charge is 0.378 e. The van der Waals surface area contributed by atoms with E-state index < -0.39 is 0 Å². The number of amides is 2. The Hall–Kier alpha value is -1.71. The normalized spacial score (nSPS) is 9.82. The van der Waals surface area contributed by atoms with Crippen LogP contribution < -0.4 is 15.5 Å². The van der Waals surface area contributed by atoms with Gasteiger partial charge in [0.2, 0.25) is 0 Å². The highest BCUT2D eigenvalue weighted by atomic mass is 16.2. The molecule has 0 aliphatic carbocycles. The molecule has 1 aromatic rings. The lowest BCUT2D eigenvalue weighted by Crippen LogP contribution is -2.36. The smallest absolute Gasteiger partial charge is 0.314 e. The summed E-state index contributed by atoms with van der Waals surface area (Å²) in [5, 5.41) is 5.51. The summed E-state index contributed by atoms with van der Waals surface area (Å²) in [7, 11) is 4.04. The van der Waals surface area contributed by atoms with Gasteiger partial charge in [-0.3, -0.25) is 0 Å². The SMILES string of the molecule is CCNC(=O)NCCc1ccc(N(C)C)cc1. The summed E-state index contributed by atoms with van der Waals surface area (Å²) in [5.41, 5.74) is 2.41. The van der Waals surface area contributed by atoms with Crippen molar-refractivity contribution in [3.05, 3.63) is 29.8 Å². The molecule has 0 bridgehead atoms. The van der Waals surface area contributed by atoms with E-state index in [1.165, 1.54) is 11.3 Å². The second kappa shape index (κ2) is 6.78. The fourth-order valence-electron chi connectivity index (χ4n) is 1.50. The Labute approximate surface area is 103 Å². The summed E-state index contributed by atoms with van der Waals surface area (Å²) < 4.78 is 0. The zero-order valence-electron chi connectivity index (χ0n) is 10.8.